The fraction of sp³-hybridized carbons (Fsp3) is 0.450. The lowest BCUT2D eigenvalue weighted by molar-refractivity contribution is 0.479. The van der Waals surface area contributed by atoms with Crippen LogP contribution in [-0.2, 0) is 0 Å². The first-order chi connectivity index (χ1) is 13.8. The SMILES string of the molecule is Cl.O=c1[nH]c(N2CCCC2)nc(N[C@@H]2CCCNC2)c1-c1nc2ccccc2s1. The summed E-state index contributed by atoms with van der Waals surface area (Å²) in [5.74, 6) is 1.32. The molecule has 0 aliphatic carbocycles. The van der Waals surface area contributed by atoms with Crippen LogP contribution in [0.2, 0.25) is 0 Å². The summed E-state index contributed by atoms with van der Waals surface area (Å²) in [5.41, 5.74) is 1.34. The van der Waals surface area contributed by atoms with Crippen molar-refractivity contribution in [3.05, 3.63) is 34.6 Å². The summed E-state index contributed by atoms with van der Waals surface area (Å²) in [6, 6.07) is 8.25. The van der Waals surface area contributed by atoms with Gasteiger partial charge in [-0.2, -0.15) is 4.98 Å². The quantitative estimate of drug-likeness (QED) is 0.586. The Morgan fingerprint density at radius 1 is 1.14 bits per heavy atom. The molecule has 2 aliphatic rings. The molecule has 0 saturated carbocycles. The Morgan fingerprint density at radius 2 is 1.97 bits per heavy atom. The molecule has 29 heavy (non-hydrogen) atoms. The highest BCUT2D eigenvalue weighted by Gasteiger charge is 2.23. The van der Waals surface area contributed by atoms with Gasteiger partial charge in [0.2, 0.25) is 5.95 Å². The summed E-state index contributed by atoms with van der Waals surface area (Å²) in [4.78, 5) is 27.9. The molecule has 0 amide bonds. The van der Waals surface area contributed by atoms with E-state index in [1.165, 1.54) is 11.3 Å². The molecule has 5 rings (SSSR count). The van der Waals surface area contributed by atoms with Crippen molar-refractivity contribution in [1.29, 1.82) is 0 Å². The highest BCUT2D eigenvalue weighted by molar-refractivity contribution is 7.21. The number of anilines is 2. The smallest absolute Gasteiger partial charge is 0.264 e. The molecular formula is C20H25ClN6OS. The Morgan fingerprint density at radius 3 is 2.72 bits per heavy atom. The third-order valence-corrected chi connectivity index (χ3v) is 6.51. The summed E-state index contributed by atoms with van der Waals surface area (Å²) < 4.78 is 1.07. The molecule has 0 spiro atoms. The van der Waals surface area contributed by atoms with Crippen molar-refractivity contribution in [2.75, 3.05) is 36.4 Å². The van der Waals surface area contributed by atoms with E-state index in [2.05, 4.69) is 20.5 Å². The molecule has 2 aliphatic heterocycles. The fourth-order valence-electron chi connectivity index (χ4n) is 3.99. The van der Waals surface area contributed by atoms with Crippen LogP contribution in [0.5, 0.6) is 0 Å². The zero-order valence-electron chi connectivity index (χ0n) is 16.1. The molecule has 9 heteroatoms. The van der Waals surface area contributed by atoms with Gasteiger partial charge in [-0.25, -0.2) is 4.98 Å². The number of thiazole rings is 1. The summed E-state index contributed by atoms with van der Waals surface area (Å²) in [6.45, 7) is 3.80. The van der Waals surface area contributed by atoms with Gasteiger partial charge in [-0.3, -0.25) is 9.78 Å². The maximum atomic E-state index is 13.1. The second-order valence-corrected chi connectivity index (χ2v) is 8.51. The number of benzene rings is 1. The number of aromatic nitrogens is 3. The molecule has 154 valence electrons. The van der Waals surface area contributed by atoms with Crippen molar-refractivity contribution in [3.8, 4) is 10.6 Å². The Balaban J connectivity index is 0.00000205. The van der Waals surface area contributed by atoms with Crippen molar-refractivity contribution in [2.24, 2.45) is 0 Å². The highest BCUT2D eigenvalue weighted by Crippen LogP contribution is 2.32. The molecule has 1 aromatic carbocycles. The maximum Gasteiger partial charge on any atom is 0.264 e. The third-order valence-electron chi connectivity index (χ3n) is 5.46. The minimum atomic E-state index is -0.123. The first-order valence-electron chi connectivity index (χ1n) is 10.0. The number of H-pyrrole nitrogens is 1. The van der Waals surface area contributed by atoms with E-state index in [0.717, 1.165) is 62.1 Å². The zero-order valence-corrected chi connectivity index (χ0v) is 17.7. The van der Waals surface area contributed by atoms with E-state index < -0.39 is 0 Å². The number of nitrogens with one attached hydrogen (secondary N) is 3. The van der Waals surface area contributed by atoms with Crippen LogP contribution in [-0.4, -0.2) is 47.2 Å². The van der Waals surface area contributed by atoms with E-state index in [0.29, 0.717) is 22.3 Å². The number of halogens is 1. The predicted molar refractivity (Wildman–Crippen MR) is 122 cm³/mol. The molecule has 4 heterocycles. The van der Waals surface area contributed by atoms with Crippen molar-refractivity contribution in [1.82, 2.24) is 20.3 Å². The number of fused-ring (bicyclic) bond motifs is 1. The van der Waals surface area contributed by atoms with Crippen molar-refractivity contribution >= 4 is 45.7 Å². The maximum absolute atomic E-state index is 13.1. The van der Waals surface area contributed by atoms with Crippen molar-refractivity contribution < 1.29 is 0 Å². The van der Waals surface area contributed by atoms with Crippen LogP contribution in [0.15, 0.2) is 29.1 Å². The van der Waals surface area contributed by atoms with Gasteiger partial charge in [0.05, 0.1) is 10.2 Å². The Bertz CT molecular complexity index is 1010. The molecule has 0 unspecified atom stereocenters. The predicted octanol–water partition coefficient (Wildman–Crippen LogP) is 3.23. The normalized spacial score (nSPS) is 19.3. The standard InChI is InChI=1S/C20H24N6OS.ClH/c27-18-16(19-23-14-7-1-2-8-15(14)28-19)17(22-13-6-5-9-21-12-13)24-20(25-18)26-10-3-4-11-26;/h1-2,7-8,13,21H,3-6,9-12H2,(H2,22,24,25,27);1H/t13-;/m1./s1. The number of piperidine rings is 1. The van der Waals surface area contributed by atoms with Gasteiger partial charge in [-0.15, -0.1) is 23.7 Å². The Kier molecular flexibility index (Phi) is 6.03. The van der Waals surface area contributed by atoms with Gasteiger partial charge in [0.1, 0.15) is 16.4 Å². The van der Waals surface area contributed by atoms with Crippen LogP contribution < -0.4 is 21.1 Å². The second-order valence-electron chi connectivity index (χ2n) is 7.48. The lowest BCUT2D eigenvalue weighted by Gasteiger charge is -2.26. The van der Waals surface area contributed by atoms with Gasteiger partial charge in [-0.05, 0) is 44.4 Å². The highest BCUT2D eigenvalue weighted by atomic mass is 35.5. The van der Waals surface area contributed by atoms with Crippen molar-refractivity contribution in [2.45, 2.75) is 31.7 Å². The van der Waals surface area contributed by atoms with Crippen molar-refractivity contribution in [3.63, 3.8) is 0 Å². The number of hydrogen-bond donors (Lipinski definition) is 3. The average molecular weight is 433 g/mol. The first kappa shape index (κ1) is 20.1. The van der Waals surface area contributed by atoms with Crippen LogP contribution in [0.3, 0.4) is 0 Å². The molecule has 1 atom stereocenters. The van der Waals surface area contributed by atoms with Gasteiger partial charge in [0.25, 0.3) is 5.56 Å². The fourth-order valence-corrected chi connectivity index (χ4v) is 5.00. The van der Waals surface area contributed by atoms with E-state index in [1.54, 1.807) is 0 Å². The molecule has 2 saturated heterocycles. The van der Waals surface area contributed by atoms with Crippen LogP contribution in [0, 0.1) is 0 Å². The van der Waals surface area contributed by atoms with Gasteiger partial charge in [0, 0.05) is 25.7 Å². The number of aromatic amines is 1. The number of rotatable bonds is 4. The van der Waals surface area contributed by atoms with Crippen LogP contribution in [0.25, 0.3) is 20.8 Å². The van der Waals surface area contributed by atoms with E-state index in [4.69, 9.17) is 9.97 Å². The van der Waals surface area contributed by atoms with Gasteiger partial charge < -0.3 is 15.5 Å². The minimum Gasteiger partial charge on any atom is -0.365 e. The Hall–Kier alpha value is -2.16. The second kappa shape index (κ2) is 8.69. The summed E-state index contributed by atoms with van der Waals surface area (Å²) in [5, 5.41) is 7.68. The molecule has 2 aromatic heterocycles. The van der Waals surface area contributed by atoms with E-state index in [9.17, 15) is 4.79 Å². The number of hydrogen-bond acceptors (Lipinski definition) is 7. The van der Waals surface area contributed by atoms with Crippen LogP contribution in [0.1, 0.15) is 25.7 Å². The zero-order chi connectivity index (χ0) is 18.9. The number of para-hydroxylation sites is 1. The van der Waals surface area contributed by atoms with E-state index >= 15 is 0 Å². The topological polar surface area (TPSA) is 85.9 Å². The molecule has 2 fully saturated rings. The monoisotopic (exact) mass is 432 g/mol. The summed E-state index contributed by atoms with van der Waals surface area (Å²) in [6.07, 6.45) is 4.47. The molecule has 0 radical (unpaired) electrons. The van der Waals surface area contributed by atoms with Crippen LogP contribution in [0.4, 0.5) is 11.8 Å². The lowest BCUT2D eigenvalue weighted by Crippen LogP contribution is -2.39. The Labute approximate surface area is 179 Å². The average Bonchev–Trinajstić information content (AvgIpc) is 3.38. The van der Waals surface area contributed by atoms with Gasteiger partial charge >= 0.3 is 0 Å². The van der Waals surface area contributed by atoms with Gasteiger partial charge in [-0.1, -0.05) is 12.1 Å². The summed E-state index contributed by atoms with van der Waals surface area (Å²) >= 11 is 1.54. The van der Waals surface area contributed by atoms with Gasteiger partial charge in [0.15, 0.2) is 0 Å². The van der Waals surface area contributed by atoms with Crippen LogP contribution >= 0.6 is 23.7 Å². The van der Waals surface area contributed by atoms with E-state index in [1.807, 2.05) is 24.3 Å². The molecule has 0 bridgehead atoms. The summed E-state index contributed by atoms with van der Waals surface area (Å²) in [7, 11) is 0. The molecule has 3 N–H and O–H groups in total. The largest absolute Gasteiger partial charge is 0.365 e. The third kappa shape index (κ3) is 4.10. The lowest BCUT2D eigenvalue weighted by atomic mass is 10.1. The molecule has 7 nitrogen and oxygen atoms in total. The number of nitrogens with zero attached hydrogens (tertiary/aromatic N) is 3. The molecule has 3 aromatic rings. The van der Waals surface area contributed by atoms with E-state index in [-0.39, 0.29) is 24.0 Å². The minimum absolute atomic E-state index is 0. The first-order valence-corrected chi connectivity index (χ1v) is 10.8. The molecular weight excluding hydrogens is 408 g/mol.